The largest absolute Gasteiger partial charge is 0.302 e. The Morgan fingerprint density at radius 3 is 2.50 bits per heavy atom. The normalized spacial score (nSPS) is 14.2. The summed E-state index contributed by atoms with van der Waals surface area (Å²) < 4.78 is 0. The minimum Gasteiger partial charge on any atom is -0.302 e. The van der Waals surface area contributed by atoms with Crippen molar-refractivity contribution in [3.8, 4) is 0 Å². The molecule has 2 heteroatoms. The predicted molar refractivity (Wildman–Crippen MR) is 59.7 cm³/mol. The molecule has 14 heavy (non-hydrogen) atoms. The van der Waals surface area contributed by atoms with Crippen LogP contribution in [0.1, 0.15) is 12.5 Å². The number of benzene rings is 1. The van der Waals surface area contributed by atoms with Crippen molar-refractivity contribution >= 4 is 5.69 Å². The van der Waals surface area contributed by atoms with E-state index < -0.39 is 0 Å². The maximum Gasteiger partial charge on any atom is 0.0623 e. The van der Waals surface area contributed by atoms with Crippen LogP contribution in [0.5, 0.6) is 0 Å². The van der Waals surface area contributed by atoms with Gasteiger partial charge >= 0.3 is 0 Å². The first-order chi connectivity index (χ1) is 6.90. The molecule has 0 amide bonds. The zero-order valence-corrected chi connectivity index (χ0v) is 8.27. The molecule has 0 atom stereocenters. The van der Waals surface area contributed by atoms with Crippen LogP contribution in [0.4, 0.5) is 5.69 Å². The van der Waals surface area contributed by atoms with Crippen LogP contribution >= 0.6 is 0 Å². The molecule has 72 valence electrons. The van der Waals surface area contributed by atoms with Crippen molar-refractivity contribution in [3.05, 3.63) is 54.4 Å². The maximum atomic E-state index is 3.14. The van der Waals surface area contributed by atoms with Crippen LogP contribution in [0.25, 0.3) is 0 Å². The number of aryl methyl sites for hydroxylation is 1. The SMILES string of the molecule is CCc1ccc(N2C=CC=CN2)cc1. The van der Waals surface area contributed by atoms with Gasteiger partial charge in [0.05, 0.1) is 5.69 Å². The van der Waals surface area contributed by atoms with Gasteiger partial charge in [-0.25, -0.2) is 0 Å². The molecule has 1 aliphatic heterocycles. The Labute approximate surface area is 84.5 Å². The monoisotopic (exact) mass is 186 g/mol. The number of anilines is 1. The molecule has 1 aromatic carbocycles. The summed E-state index contributed by atoms with van der Waals surface area (Å²) in [7, 11) is 0. The van der Waals surface area contributed by atoms with Gasteiger partial charge in [-0.05, 0) is 36.3 Å². The Hall–Kier alpha value is -1.70. The fourth-order valence-corrected chi connectivity index (χ4v) is 1.41. The fraction of sp³-hybridized carbons (Fsp3) is 0.167. The summed E-state index contributed by atoms with van der Waals surface area (Å²) in [5, 5.41) is 1.99. The molecule has 0 spiro atoms. The van der Waals surface area contributed by atoms with Crippen LogP contribution in [0, 0.1) is 0 Å². The highest BCUT2D eigenvalue weighted by Crippen LogP contribution is 2.15. The number of nitrogens with zero attached hydrogens (tertiary/aromatic N) is 1. The number of allylic oxidation sites excluding steroid dienone is 2. The second-order valence-corrected chi connectivity index (χ2v) is 3.22. The van der Waals surface area contributed by atoms with E-state index in [4.69, 9.17) is 0 Å². The van der Waals surface area contributed by atoms with Crippen molar-refractivity contribution in [2.24, 2.45) is 0 Å². The standard InChI is InChI=1S/C12H14N2/c1-2-11-5-7-12(8-6-11)14-10-4-3-9-13-14/h3-10,13H,2H2,1H3. The first-order valence-corrected chi connectivity index (χ1v) is 4.88. The van der Waals surface area contributed by atoms with Gasteiger partial charge in [0.15, 0.2) is 0 Å². The Morgan fingerprint density at radius 1 is 1.14 bits per heavy atom. The molecule has 0 aromatic heterocycles. The van der Waals surface area contributed by atoms with Gasteiger partial charge in [0.1, 0.15) is 0 Å². The average molecular weight is 186 g/mol. The predicted octanol–water partition coefficient (Wildman–Crippen LogP) is 2.60. The van der Waals surface area contributed by atoms with E-state index in [2.05, 4.69) is 36.6 Å². The van der Waals surface area contributed by atoms with Gasteiger partial charge in [-0.3, -0.25) is 5.01 Å². The van der Waals surface area contributed by atoms with Crippen molar-refractivity contribution in [3.63, 3.8) is 0 Å². The molecule has 2 rings (SSSR count). The Bertz CT molecular complexity index is 349. The second kappa shape index (κ2) is 4.01. The molecular formula is C12H14N2. The summed E-state index contributed by atoms with van der Waals surface area (Å²) in [5.41, 5.74) is 5.66. The van der Waals surface area contributed by atoms with Gasteiger partial charge in [-0.15, -0.1) is 0 Å². The van der Waals surface area contributed by atoms with Crippen LogP contribution in [0.3, 0.4) is 0 Å². The fourth-order valence-electron chi connectivity index (χ4n) is 1.41. The molecule has 2 nitrogen and oxygen atoms in total. The Kier molecular flexibility index (Phi) is 2.54. The lowest BCUT2D eigenvalue weighted by molar-refractivity contribution is 0.867. The van der Waals surface area contributed by atoms with Gasteiger partial charge in [-0.2, -0.15) is 0 Å². The summed E-state index contributed by atoms with van der Waals surface area (Å²) in [6.45, 7) is 2.16. The number of hydrazine groups is 1. The topological polar surface area (TPSA) is 15.3 Å². The van der Waals surface area contributed by atoms with Gasteiger partial charge in [0.2, 0.25) is 0 Å². The summed E-state index contributed by atoms with van der Waals surface area (Å²) in [6.07, 6.45) is 8.97. The van der Waals surface area contributed by atoms with Gasteiger partial charge in [-0.1, -0.05) is 19.1 Å². The minimum absolute atomic E-state index is 1.09. The Morgan fingerprint density at radius 2 is 1.93 bits per heavy atom. The van der Waals surface area contributed by atoms with Crippen LogP contribution < -0.4 is 10.4 Å². The third-order valence-electron chi connectivity index (χ3n) is 2.28. The molecule has 0 bridgehead atoms. The van der Waals surface area contributed by atoms with E-state index in [9.17, 15) is 0 Å². The smallest absolute Gasteiger partial charge is 0.0623 e. The van der Waals surface area contributed by atoms with Crippen molar-refractivity contribution in [1.82, 2.24) is 5.43 Å². The summed E-state index contributed by atoms with van der Waals surface area (Å²) in [6, 6.07) is 8.55. The minimum atomic E-state index is 1.09. The van der Waals surface area contributed by atoms with E-state index >= 15 is 0 Å². The molecule has 0 saturated carbocycles. The lowest BCUT2D eigenvalue weighted by Crippen LogP contribution is -2.29. The highest BCUT2D eigenvalue weighted by molar-refractivity contribution is 5.50. The van der Waals surface area contributed by atoms with Gasteiger partial charge < -0.3 is 5.43 Å². The number of rotatable bonds is 2. The van der Waals surface area contributed by atoms with E-state index in [0.29, 0.717) is 0 Å². The quantitative estimate of drug-likeness (QED) is 0.763. The second-order valence-electron chi connectivity index (χ2n) is 3.22. The number of hydrogen-bond donors (Lipinski definition) is 1. The highest BCUT2D eigenvalue weighted by Gasteiger charge is 2.01. The average Bonchev–Trinajstić information content (AvgIpc) is 2.30. The van der Waals surface area contributed by atoms with Crippen LogP contribution in [-0.4, -0.2) is 0 Å². The summed E-state index contributed by atoms with van der Waals surface area (Å²) in [5.74, 6) is 0. The first-order valence-electron chi connectivity index (χ1n) is 4.88. The summed E-state index contributed by atoms with van der Waals surface area (Å²) >= 11 is 0. The molecule has 1 aromatic rings. The highest BCUT2D eigenvalue weighted by atomic mass is 15.5. The number of hydrogen-bond acceptors (Lipinski definition) is 2. The molecule has 1 aliphatic rings. The van der Waals surface area contributed by atoms with E-state index in [1.165, 1.54) is 5.56 Å². The Balaban J connectivity index is 2.16. The van der Waals surface area contributed by atoms with Crippen LogP contribution in [0.2, 0.25) is 0 Å². The molecule has 0 radical (unpaired) electrons. The molecule has 0 unspecified atom stereocenters. The van der Waals surface area contributed by atoms with Crippen molar-refractivity contribution in [2.75, 3.05) is 5.01 Å². The maximum absolute atomic E-state index is 3.14. The molecule has 0 fully saturated rings. The van der Waals surface area contributed by atoms with E-state index in [1.54, 1.807) is 0 Å². The van der Waals surface area contributed by atoms with E-state index in [0.717, 1.165) is 12.1 Å². The van der Waals surface area contributed by atoms with Crippen molar-refractivity contribution < 1.29 is 0 Å². The van der Waals surface area contributed by atoms with Crippen molar-refractivity contribution in [2.45, 2.75) is 13.3 Å². The molecular weight excluding hydrogens is 172 g/mol. The molecule has 1 heterocycles. The summed E-state index contributed by atoms with van der Waals surface area (Å²) in [4.78, 5) is 0. The molecule has 1 N–H and O–H groups in total. The number of nitrogens with one attached hydrogen (secondary N) is 1. The van der Waals surface area contributed by atoms with E-state index in [-0.39, 0.29) is 0 Å². The molecule has 0 saturated heterocycles. The molecule has 0 aliphatic carbocycles. The lowest BCUT2D eigenvalue weighted by atomic mass is 10.1. The van der Waals surface area contributed by atoms with Crippen LogP contribution in [0.15, 0.2) is 48.8 Å². The zero-order chi connectivity index (χ0) is 9.80. The van der Waals surface area contributed by atoms with Crippen LogP contribution in [-0.2, 0) is 6.42 Å². The first kappa shape index (κ1) is 8.88. The van der Waals surface area contributed by atoms with Gasteiger partial charge in [0, 0.05) is 12.4 Å². The third-order valence-corrected chi connectivity index (χ3v) is 2.28. The van der Waals surface area contributed by atoms with Crippen molar-refractivity contribution in [1.29, 1.82) is 0 Å². The zero-order valence-electron chi connectivity index (χ0n) is 8.27. The third kappa shape index (κ3) is 1.79. The van der Waals surface area contributed by atoms with Gasteiger partial charge in [0.25, 0.3) is 0 Å². The van der Waals surface area contributed by atoms with E-state index in [1.807, 2.05) is 29.6 Å². The lowest BCUT2D eigenvalue weighted by Gasteiger charge is -2.22.